The molecule has 0 aromatic heterocycles. The lowest BCUT2D eigenvalue weighted by Gasteiger charge is -2.23. The van der Waals surface area contributed by atoms with Crippen LogP contribution in [0.25, 0.3) is 0 Å². The maximum Gasteiger partial charge on any atom is 0.121 e. The van der Waals surface area contributed by atoms with Gasteiger partial charge in [-0.1, -0.05) is 6.07 Å². The number of nitrogens with one attached hydrogen (secondary N) is 1. The SMILES string of the molecule is Cl.[2H]C([2H])([2H])C(NCC(O)c1ccc(O)c(CO)c1)(C([2H])([2H])[2H])C([2H])([2H])[2H]. The Bertz CT molecular complexity index is 595. The number of hydrogen-bond donors (Lipinski definition) is 4. The van der Waals surface area contributed by atoms with Crippen LogP contribution in [0.5, 0.6) is 5.75 Å². The van der Waals surface area contributed by atoms with Crippen molar-refractivity contribution in [3.63, 3.8) is 0 Å². The van der Waals surface area contributed by atoms with Crippen LogP contribution in [-0.4, -0.2) is 27.4 Å². The van der Waals surface area contributed by atoms with E-state index in [9.17, 15) is 10.2 Å². The average molecular weight is 285 g/mol. The summed E-state index contributed by atoms with van der Waals surface area (Å²) in [5, 5.41) is 30.9. The highest BCUT2D eigenvalue weighted by Crippen LogP contribution is 2.22. The Kier molecular flexibility index (Phi) is 2.74. The second-order valence-electron chi connectivity index (χ2n) is 3.69. The fraction of sp³-hybridized carbons (Fsp3) is 0.538. The topological polar surface area (TPSA) is 72.7 Å². The third-order valence-corrected chi connectivity index (χ3v) is 2.22. The first-order chi connectivity index (χ1) is 11.6. The van der Waals surface area contributed by atoms with E-state index in [0.717, 1.165) is 0 Å². The average Bonchev–Trinajstić information content (AvgIpc) is 2.43. The van der Waals surface area contributed by atoms with Gasteiger partial charge in [0.2, 0.25) is 0 Å². The van der Waals surface area contributed by atoms with Crippen molar-refractivity contribution in [2.45, 2.75) is 38.8 Å². The molecule has 1 aromatic rings. The van der Waals surface area contributed by atoms with E-state index in [4.69, 9.17) is 17.4 Å². The zero-order valence-electron chi connectivity index (χ0n) is 18.5. The van der Waals surface area contributed by atoms with Crippen molar-refractivity contribution in [3.05, 3.63) is 29.3 Å². The molecule has 0 saturated heterocycles. The Morgan fingerprint density at radius 2 is 2.06 bits per heavy atom. The smallest absolute Gasteiger partial charge is 0.121 e. The highest BCUT2D eigenvalue weighted by atomic mass is 35.5. The van der Waals surface area contributed by atoms with Crippen LogP contribution >= 0.6 is 12.4 Å². The molecule has 1 aromatic carbocycles. The van der Waals surface area contributed by atoms with Gasteiger partial charge in [0.05, 0.1) is 12.7 Å². The van der Waals surface area contributed by atoms with Crippen molar-refractivity contribution in [2.24, 2.45) is 0 Å². The molecular weight excluding hydrogens is 254 g/mol. The molecule has 0 saturated carbocycles. The number of phenols is 1. The van der Waals surface area contributed by atoms with Gasteiger partial charge < -0.3 is 20.6 Å². The summed E-state index contributed by atoms with van der Waals surface area (Å²) in [6.07, 6.45) is -1.48. The molecule has 0 fully saturated rings. The number of rotatable bonds is 4. The molecule has 0 spiro atoms. The first-order valence-electron chi connectivity index (χ1n) is 9.44. The van der Waals surface area contributed by atoms with E-state index in [1.165, 1.54) is 18.2 Å². The summed E-state index contributed by atoms with van der Waals surface area (Å²) in [5.41, 5.74) is -3.02. The van der Waals surface area contributed by atoms with Crippen LogP contribution in [0.1, 0.15) is 50.1 Å². The number of hydrogen-bond acceptors (Lipinski definition) is 4. The van der Waals surface area contributed by atoms with E-state index in [-0.39, 0.29) is 29.3 Å². The molecule has 0 aliphatic rings. The van der Waals surface area contributed by atoms with Crippen molar-refractivity contribution in [3.8, 4) is 5.75 Å². The lowest BCUT2D eigenvalue weighted by Crippen LogP contribution is -2.38. The fourth-order valence-electron chi connectivity index (χ4n) is 1.31. The zero-order chi connectivity index (χ0) is 20.6. The minimum Gasteiger partial charge on any atom is -0.508 e. The standard InChI is InChI=1S/C13H21NO3.ClH/c1-13(2,3)14-7-12(17)9-4-5-11(16)10(6-9)8-15;/h4-6,12,14-17H,7-8H2,1-3H3;1H/i1D3,2D3,3D3;. The van der Waals surface area contributed by atoms with Crippen LogP contribution in [0.3, 0.4) is 0 Å². The van der Waals surface area contributed by atoms with Gasteiger partial charge in [0, 0.05) is 30.0 Å². The highest BCUT2D eigenvalue weighted by Gasteiger charge is 2.14. The molecule has 0 amide bonds. The first-order valence-corrected chi connectivity index (χ1v) is 4.94. The summed E-state index contributed by atoms with van der Waals surface area (Å²) < 4.78 is 67.4. The Morgan fingerprint density at radius 3 is 2.61 bits per heavy atom. The Balaban J connectivity index is 0.00000676. The number of aliphatic hydroxyl groups is 2. The van der Waals surface area contributed by atoms with Gasteiger partial charge in [0.25, 0.3) is 0 Å². The molecule has 1 unspecified atom stereocenters. The molecule has 4 nitrogen and oxygen atoms in total. The van der Waals surface area contributed by atoms with E-state index in [2.05, 4.69) is 0 Å². The Morgan fingerprint density at radius 1 is 1.39 bits per heavy atom. The van der Waals surface area contributed by atoms with Gasteiger partial charge in [-0.15, -0.1) is 12.4 Å². The fourth-order valence-corrected chi connectivity index (χ4v) is 1.31. The summed E-state index contributed by atoms with van der Waals surface area (Å²) >= 11 is 0. The van der Waals surface area contributed by atoms with E-state index in [1.54, 1.807) is 0 Å². The van der Waals surface area contributed by atoms with Crippen LogP contribution in [0.2, 0.25) is 0 Å². The van der Waals surface area contributed by atoms with Gasteiger partial charge in [0.1, 0.15) is 5.75 Å². The van der Waals surface area contributed by atoms with Gasteiger partial charge in [0.15, 0.2) is 0 Å². The van der Waals surface area contributed by atoms with Gasteiger partial charge in [-0.05, 0) is 38.3 Å². The summed E-state index contributed by atoms with van der Waals surface area (Å²) in [6, 6.07) is 3.71. The second-order valence-corrected chi connectivity index (χ2v) is 3.69. The van der Waals surface area contributed by atoms with Crippen molar-refractivity contribution >= 4 is 12.4 Å². The lowest BCUT2D eigenvalue weighted by molar-refractivity contribution is 0.163. The van der Waals surface area contributed by atoms with Crippen molar-refractivity contribution in [1.82, 2.24) is 5.32 Å². The molecule has 0 bridgehead atoms. The predicted molar refractivity (Wildman–Crippen MR) is 74.0 cm³/mol. The van der Waals surface area contributed by atoms with E-state index in [1.807, 2.05) is 5.32 Å². The Labute approximate surface area is 127 Å². The van der Waals surface area contributed by atoms with Crippen molar-refractivity contribution in [1.29, 1.82) is 0 Å². The summed E-state index contributed by atoms with van der Waals surface area (Å²) in [6.45, 7) is -11.5. The Hall–Kier alpha value is -0.810. The highest BCUT2D eigenvalue weighted by molar-refractivity contribution is 5.85. The molecular formula is C13H22ClNO3. The molecule has 4 N–H and O–H groups in total. The van der Waals surface area contributed by atoms with Crippen LogP contribution in [0.4, 0.5) is 0 Å². The van der Waals surface area contributed by atoms with E-state index >= 15 is 0 Å². The monoisotopic (exact) mass is 284 g/mol. The maximum atomic E-state index is 10.2. The molecule has 104 valence electrons. The molecule has 0 aliphatic heterocycles. The van der Waals surface area contributed by atoms with Gasteiger partial charge in [-0.3, -0.25) is 0 Å². The molecule has 5 heteroatoms. The lowest BCUT2D eigenvalue weighted by atomic mass is 10.0. The van der Waals surface area contributed by atoms with Crippen LogP contribution in [0, 0.1) is 0 Å². The summed E-state index contributed by atoms with van der Waals surface area (Å²) in [7, 11) is 0. The zero-order valence-corrected chi connectivity index (χ0v) is 10.3. The predicted octanol–water partition coefficient (Wildman–Crippen LogP) is 1.73. The maximum absolute atomic E-state index is 10.2. The molecule has 0 heterocycles. The second kappa shape index (κ2) is 6.95. The number of β-amino-alcohol motifs (C(OH)–C–C–N with tert-alkyl or cyclic N) is 1. The quantitative estimate of drug-likeness (QED) is 0.679. The summed E-state index contributed by atoms with van der Waals surface area (Å²) in [4.78, 5) is 0. The van der Waals surface area contributed by atoms with Crippen molar-refractivity contribution in [2.75, 3.05) is 6.54 Å². The van der Waals surface area contributed by atoms with Crippen LogP contribution < -0.4 is 5.32 Å². The molecule has 1 atom stereocenters. The van der Waals surface area contributed by atoms with Crippen molar-refractivity contribution < 1.29 is 27.7 Å². The third kappa shape index (κ3) is 5.23. The minimum atomic E-state index is -3.42. The normalized spacial score (nSPS) is 22.4. The largest absolute Gasteiger partial charge is 0.508 e. The third-order valence-electron chi connectivity index (χ3n) is 2.22. The van der Waals surface area contributed by atoms with Gasteiger partial charge in [-0.25, -0.2) is 0 Å². The molecule has 0 radical (unpaired) electrons. The minimum absolute atomic E-state index is 0. The molecule has 0 aliphatic carbocycles. The number of benzene rings is 1. The van der Waals surface area contributed by atoms with Crippen LogP contribution in [-0.2, 0) is 6.61 Å². The number of aromatic hydroxyl groups is 1. The van der Waals surface area contributed by atoms with Gasteiger partial charge >= 0.3 is 0 Å². The van der Waals surface area contributed by atoms with E-state index < -0.39 is 45.4 Å². The number of halogens is 1. The first kappa shape index (κ1) is 7.10. The number of aliphatic hydroxyl groups excluding tert-OH is 2. The summed E-state index contributed by atoms with van der Waals surface area (Å²) in [5.74, 6) is -0.224. The van der Waals surface area contributed by atoms with Gasteiger partial charge in [-0.2, -0.15) is 0 Å². The molecule has 18 heavy (non-hydrogen) atoms. The van der Waals surface area contributed by atoms with E-state index in [0.29, 0.717) is 0 Å². The van der Waals surface area contributed by atoms with Crippen LogP contribution in [0.15, 0.2) is 18.2 Å². The molecule has 1 rings (SSSR count).